The topological polar surface area (TPSA) is 29.5 Å². The van der Waals surface area contributed by atoms with Crippen molar-refractivity contribution in [2.24, 2.45) is 0 Å². The van der Waals surface area contributed by atoms with Gasteiger partial charge in [-0.15, -0.1) is 0 Å². The van der Waals surface area contributed by atoms with E-state index in [4.69, 9.17) is 16.3 Å². The summed E-state index contributed by atoms with van der Waals surface area (Å²) in [5.74, 6) is -0.464. The summed E-state index contributed by atoms with van der Waals surface area (Å²) in [7, 11) is 1.51. The summed E-state index contributed by atoms with van der Waals surface area (Å²) >= 11 is 5.52. The first-order valence-corrected chi connectivity index (χ1v) is 4.62. The third-order valence-corrected chi connectivity index (χ3v) is 2.12. The molecule has 14 heavy (non-hydrogen) atoms. The number of hydrogen-bond donors (Lipinski definition) is 1. The van der Waals surface area contributed by atoms with Gasteiger partial charge in [0.15, 0.2) is 0 Å². The van der Waals surface area contributed by atoms with Crippen LogP contribution in [0.2, 0.25) is 5.02 Å². The van der Waals surface area contributed by atoms with Crippen molar-refractivity contribution in [3.63, 3.8) is 0 Å². The largest absolute Gasteiger partial charge is 0.390 e. The van der Waals surface area contributed by atoms with Crippen LogP contribution in [0.1, 0.15) is 5.56 Å². The normalized spacial score (nSPS) is 12.9. The lowest BCUT2D eigenvalue weighted by Crippen LogP contribution is -2.16. The number of aliphatic hydroxyl groups is 1. The van der Waals surface area contributed by atoms with Gasteiger partial charge < -0.3 is 9.84 Å². The van der Waals surface area contributed by atoms with Gasteiger partial charge in [-0.2, -0.15) is 0 Å². The van der Waals surface area contributed by atoms with Crippen molar-refractivity contribution in [2.45, 2.75) is 12.5 Å². The van der Waals surface area contributed by atoms with E-state index in [9.17, 15) is 9.50 Å². The summed E-state index contributed by atoms with van der Waals surface area (Å²) in [6.45, 7) is 0.240. The molecule has 0 aliphatic heterocycles. The van der Waals surface area contributed by atoms with Gasteiger partial charge in [0.1, 0.15) is 5.82 Å². The van der Waals surface area contributed by atoms with Gasteiger partial charge in [0.05, 0.1) is 17.7 Å². The van der Waals surface area contributed by atoms with E-state index in [2.05, 4.69) is 0 Å². The molecule has 0 aromatic heterocycles. The first kappa shape index (κ1) is 11.4. The molecule has 78 valence electrons. The molecule has 1 rings (SSSR count). The molecule has 0 saturated heterocycles. The van der Waals surface area contributed by atoms with Crippen LogP contribution in [0.5, 0.6) is 0 Å². The summed E-state index contributed by atoms with van der Waals surface area (Å²) in [5.41, 5.74) is 0.705. The molecule has 1 N–H and O–H groups in total. The molecule has 0 heterocycles. The van der Waals surface area contributed by atoms with Crippen LogP contribution in [-0.4, -0.2) is 24.9 Å². The minimum Gasteiger partial charge on any atom is -0.390 e. The SMILES string of the molecule is COCC(O)Cc1ccc(Cl)c(F)c1. The van der Waals surface area contributed by atoms with Crippen molar-refractivity contribution in [2.75, 3.05) is 13.7 Å². The molecule has 0 fully saturated rings. The zero-order valence-electron chi connectivity index (χ0n) is 7.84. The summed E-state index contributed by atoms with van der Waals surface area (Å²) in [5, 5.41) is 9.47. The Morgan fingerprint density at radius 2 is 2.29 bits per heavy atom. The smallest absolute Gasteiger partial charge is 0.142 e. The molecule has 0 amide bonds. The van der Waals surface area contributed by atoms with Crippen molar-refractivity contribution >= 4 is 11.6 Å². The third-order valence-electron chi connectivity index (χ3n) is 1.81. The molecule has 0 aliphatic rings. The highest BCUT2D eigenvalue weighted by Gasteiger charge is 2.07. The number of benzene rings is 1. The molecule has 2 nitrogen and oxygen atoms in total. The van der Waals surface area contributed by atoms with E-state index in [-0.39, 0.29) is 11.6 Å². The number of aliphatic hydroxyl groups excluding tert-OH is 1. The number of rotatable bonds is 4. The number of ether oxygens (including phenoxy) is 1. The van der Waals surface area contributed by atoms with E-state index in [0.717, 1.165) is 0 Å². The summed E-state index contributed by atoms with van der Waals surface area (Å²) < 4.78 is 17.7. The Labute approximate surface area is 87.3 Å². The van der Waals surface area contributed by atoms with Gasteiger partial charge in [-0.05, 0) is 17.7 Å². The Kier molecular flexibility index (Phi) is 4.32. The van der Waals surface area contributed by atoms with E-state index < -0.39 is 11.9 Å². The minimum atomic E-state index is -0.611. The highest BCUT2D eigenvalue weighted by molar-refractivity contribution is 6.30. The fraction of sp³-hybridized carbons (Fsp3) is 0.400. The minimum absolute atomic E-state index is 0.0926. The maximum atomic E-state index is 13.0. The zero-order valence-corrected chi connectivity index (χ0v) is 8.59. The standard InChI is InChI=1S/C10H12ClFO2/c1-14-6-8(13)4-7-2-3-9(11)10(12)5-7/h2-3,5,8,13H,4,6H2,1H3. The highest BCUT2D eigenvalue weighted by atomic mass is 35.5. The van der Waals surface area contributed by atoms with Crippen molar-refractivity contribution in [1.29, 1.82) is 0 Å². The molecule has 0 spiro atoms. The zero-order chi connectivity index (χ0) is 10.6. The van der Waals surface area contributed by atoms with Crippen LogP contribution in [0.25, 0.3) is 0 Å². The molecule has 0 aliphatic carbocycles. The number of halogens is 2. The fourth-order valence-electron chi connectivity index (χ4n) is 1.19. The predicted molar refractivity (Wildman–Crippen MR) is 53.0 cm³/mol. The Morgan fingerprint density at radius 1 is 1.57 bits per heavy atom. The molecule has 0 radical (unpaired) electrons. The van der Waals surface area contributed by atoms with Gasteiger partial charge in [-0.25, -0.2) is 4.39 Å². The Hall–Kier alpha value is -0.640. The second-order valence-corrected chi connectivity index (χ2v) is 3.47. The predicted octanol–water partition coefficient (Wildman–Crippen LogP) is 2.03. The van der Waals surface area contributed by atoms with Gasteiger partial charge in [0, 0.05) is 13.5 Å². The first-order chi connectivity index (χ1) is 6.63. The average molecular weight is 219 g/mol. The van der Waals surface area contributed by atoms with E-state index in [1.54, 1.807) is 6.07 Å². The van der Waals surface area contributed by atoms with Crippen molar-refractivity contribution < 1.29 is 14.2 Å². The van der Waals surface area contributed by atoms with Crippen LogP contribution in [0.3, 0.4) is 0 Å². The van der Waals surface area contributed by atoms with E-state index >= 15 is 0 Å². The van der Waals surface area contributed by atoms with Crippen LogP contribution in [0.15, 0.2) is 18.2 Å². The van der Waals surface area contributed by atoms with Crippen LogP contribution >= 0.6 is 11.6 Å². The van der Waals surface area contributed by atoms with Gasteiger partial charge in [-0.1, -0.05) is 17.7 Å². The van der Waals surface area contributed by atoms with Crippen LogP contribution in [0.4, 0.5) is 4.39 Å². The summed E-state index contributed by atoms with van der Waals surface area (Å²) in [4.78, 5) is 0. The lowest BCUT2D eigenvalue weighted by Gasteiger charge is -2.09. The van der Waals surface area contributed by atoms with Crippen LogP contribution < -0.4 is 0 Å². The quantitative estimate of drug-likeness (QED) is 0.838. The van der Waals surface area contributed by atoms with Crippen molar-refractivity contribution in [3.8, 4) is 0 Å². The molecular formula is C10H12ClFO2. The van der Waals surface area contributed by atoms with Crippen molar-refractivity contribution in [3.05, 3.63) is 34.6 Å². The summed E-state index contributed by atoms with van der Waals surface area (Å²) in [6, 6.07) is 4.48. The molecule has 0 bridgehead atoms. The number of methoxy groups -OCH3 is 1. The Bertz CT molecular complexity index is 304. The van der Waals surface area contributed by atoms with Gasteiger partial charge in [-0.3, -0.25) is 0 Å². The van der Waals surface area contributed by atoms with E-state index in [0.29, 0.717) is 12.0 Å². The van der Waals surface area contributed by atoms with Gasteiger partial charge in [0.2, 0.25) is 0 Å². The molecule has 0 saturated carbocycles. The van der Waals surface area contributed by atoms with Gasteiger partial charge in [0.25, 0.3) is 0 Å². The Balaban J connectivity index is 2.63. The third kappa shape index (κ3) is 3.25. The highest BCUT2D eigenvalue weighted by Crippen LogP contribution is 2.16. The van der Waals surface area contributed by atoms with Crippen LogP contribution in [-0.2, 0) is 11.2 Å². The lowest BCUT2D eigenvalue weighted by atomic mass is 10.1. The first-order valence-electron chi connectivity index (χ1n) is 4.24. The monoisotopic (exact) mass is 218 g/mol. The second kappa shape index (κ2) is 5.29. The molecule has 1 aromatic rings. The maximum Gasteiger partial charge on any atom is 0.142 e. The van der Waals surface area contributed by atoms with E-state index in [1.165, 1.54) is 19.2 Å². The maximum absolute atomic E-state index is 13.0. The molecular weight excluding hydrogens is 207 g/mol. The van der Waals surface area contributed by atoms with Crippen LogP contribution in [0, 0.1) is 5.82 Å². The Morgan fingerprint density at radius 3 is 2.86 bits per heavy atom. The lowest BCUT2D eigenvalue weighted by molar-refractivity contribution is 0.0650. The van der Waals surface area contributed by atoms with Crippen molar-refractivity contribution in [1.82, 2.24) is 0 Å². The molecule has 1 aromatic carbocycles. The summed E-state index contributed by atoms with van der Waals surface area (Å²) in [6.07, 6.45) is -0.248. The fourth-order valence-corrected chi connectivity index (χ4v) is 1.31. The van der Waals surface area contributed by atoms with Gasteiger partial charge >= 0.3 is 0 Å². The van der Waals surface area contributed by atoms with E-state index in [1.807, 2.05) is 0 Å². The number of hydrogen-bond acceptors (Lipinski definition) is 2. The molecule has 4 heteroatoms. The molecule has 1 atom stereocenters. The second-order valence-electron chi connectivity index (χ2n) is 3.06. The molecule has 1 unspecified atom stereocenters. The average Bonchev–Trinajstić information content (AvgIpc) is 2.12.